The molecule has 3 aliphatic carbocycles. The zero-order chi connectivity index (χ0) is 10.5. The van der Waals surface area contributed by atoms with Crippen molar-refractivity contribution in [3.8, 4) is 0 Å². The third-order valence-corrected chi connectivity index (χ3v) is 3.83. The minimum atomic E-state index is 0.843. The fourth-order valence-corrected chi connectivity index (χ4v) is 2.79. The van der Waals surface area contributed by atoms with Crippen LogP contribution in [0, 0.1) is 11.8 Å². The first-order valence-corrected chi connectivity index (χ1v) is 6.11. The van der Waals surface area contributed by atoms with Gasteiger partial charge in [-0.2, -0.15) is 0 Å². The summed E-state index contributed by atoms with van der Waals surface area (Å²) in [5, 5.41) is 2.88. The SMILES string of the molecule is C1=Cc2cc3c(cc2C=CC1)=CC1CC1C=3. The molecule has 0 aromatic heterocycles. The van der Waals surface area contributed by atoms with Crippen LogP contribution in [0.4, 0.5) is 0 Å². The van der Waals surface area contributed by atoms with Crippen LogP contribution in [0.1, 0.15) is 24.0 Å². The molecule has 16 heavy (non-hydrogen) atoms. The predicted molar refractivity (Wildman–Crippen MR) is 68.9 cm³/mol. The number of benzene rings is 1. The molecule has 78 valence electrons. The van der Waals surface area contributed by atoms with E-state index in [2.05, 4.69) is 48.6 Å². The van der Waals surface area contributed by atoms with Crippen molar-refractivity contribution in [2.75, 3.05) is 0 Å². The zero-order valence-corrected chi connectivity index (χ0v) is 9.19. The van der Waals surface area contributed by atoms with Crippen LogP contribution in [-0.4, -0.2) is 0 Å². The molecule has 0 nitrogen and oxygen atoms in total. The Bertz CT molecular complexity index is 574. The number of fused-ring (bicyclic) bond motifs is 3. The fourth-order valence-electron chi connectivity index (χ4n) is 2.79. The van der Waals surface area contributed by atoms with E-state index < -0.39 is 0 Å². The van der Waals surface area contributed by atoms with E-state index >= 15 is 0 Å². The van der Waals surface area contributed by atoms with Crippen molar-refractivity contribution in [3.05, 3.63) is 45.8 Å². The van der Waals surface area contributed by atoms with Crippen LogP contribution >= 0.6 is 0 Å². The lowest BCUT2D eigenvalue weighted by Crippen LogP contribution is -2.28. The Hall–Kier alpha value is -1.56. The van der Waals surface area contributed by atoms with Gasteiger partial charge >= 0.3 is 0 Å². The van der Waals surface area contributed by atoms with E-state index in [1.165, 1.54) is 28.0 Å². The van der Waals surface area contributed by atoms with E-state index in [9.17, 15) is 0 Å². The summed E-state index contributed by atoms with van der Waals surface area (Å²) >= 11 is 0. The van der Waals surface area contributed by atoms with Gasteiger partial charge in [0, 0.05) is 0 Å². The molecule has 2 atom stereocenters. The van der Waals surface area contributed by atoms with E-state index in [0.29, 0.717) is 0 Å². The average molecular weight is 206 g/mol. The molecule has 0 N–H and O–H groups in total. The van der Waals surface area contributed by atoms with Crippen LogP contribution in [-0.2, 0) is 0 Å². The molecular weight excluding hydrogens is 192 g/mol. The van der Waals surface area contributed by atoms with Gasteiger partial charge in [0.15, 0.2) is 0 Å². The molecule has 0 heterocycles. The van der Waals surface area contributed by atoms with Crippen molar-refractivity contribution >= 4 is 24.3 Å². The van der Waals surface area contributed by atoms with Gasteiger partial charge in [-0.3, -0.25) is 0 Å². The third kappa shape index (κ3) is 1.23. The van der Waals surface area contributed by atoms with E-state index in [1.807, 2.05) is 0 Å². The van der Waals surface area contributed by atoms with Crippen LogP contribution in [0.15, 0.2) is 24.3 Å². The summed E-state index contributed by atoms with van der Waals surface area (Å²) in [6.45, 7) is 0. The van der Waals surface area contributed by atoms with E-state index in [-0.39, 0.29) is 0 Å². The van der Waals surface area contributed by atoms with Gasteiger partial charge in [-0.15, -0.1) is 0 Å². The molecule has 0 heteroatoms. The quantitative estimate of drug-likeness (QED) is 0.611. The second kappa shape index (κ2) is 2.98. The van der Waals surface area contributed by atoms with Gasteiger partial charge < -0.3 is 0 Å². The van der Waals surface area contributed by atoms with E-state index in [1.54, 1.807) is 0 Å². The summed E-state index contributed by atoms with van der Waals surface area (Å²) in [6.07, 6.45) is 16.3. The molecule has 0 radical (unpaired) electrons. The Labute approximate surface area is 95.3 Å². The molecule has 1 aromatic rings. The van der Waals surface area contributed by atoms with Gasteiger partial charge in [0.05, 0.1) is 0 Å². The predicted octanol–water partition coefficient (Wildman–Crippen LogP) is 2.33. The number of hydrogen-bond acceptors (Lipinski definition) is 0. The van der Waals surface area contributed by atoms with Crippen molar-refractivity contribution in [1.29, 1.82) is 0 Å². The lowest BCUT2D eigenvalue weighted by atomic mass is 10.0. The highest BCUT2D eigenvalue weighted by molar-refractivity contribution is 5.68. The maximum Gasteiger partial charge on any atom is -0.0155 e. The Morgan fingerprint density at radius 1 is 0.812 bits per heavy atom. The zero-order valence-electron chi connectivity index (χ0n) is 9.19. The molecule has 0 aliphatic heterocycles. The van der Waals surface area contributed by atoms with E-state index in [4.69, 9.17) is 0 Å². The second-order valence-corrected chi connectivity index (χ2v) is 5.05. The molecule has 3 aliphatic rings. The Balaban J connectivity index is 2.04. The molecule has 0 amide bonds. The highest BCUT2D eigenvalue weighted by atomic mass is 14.4. The van der Waals surface area contributed by atoms with Crippen molar-refractivity contribution < 1.29 is 0 Å². The van der Waals surface area contributed by atoms with Crippen molar-refractivity contribution in [2.45, 2.75) is 12.8 Å². The lowest BCUT2D eigenvalue weighted by molar-refractivity contribution is 1.06. The Morgan fingerprint density at radius 3 is 1.94 bits per heavy atom. The van der Waals surface area contributed by atoms with Gasteiger partial charge in [-0.05, 0) is 58.4 Å². The van der Waals surface area contributed by atoms with Crippen molar-refractivity contribution in [2.24, 2.45) is 11.8 Å². The van der Waals surface area contributed by atoms with E-state index in [0.717, 1.165) is 18.3 Å². The van der Waals surface area contributed by atoms with Crippen LogP contribution in [0.3, 0.4) is 0 Å². The van der Waals surface area contributed by atoms with Gasteiger partial charge in [-0.1, -0.05) is 36.5 Å². The number of rotatable bonds is 0. The lowest BCUT2D eigenvalue weighted by Gasteiger charge is -2.04. The molecule has 0 saturated heterocycles. The molecular formula is C16H14. The molecule has 1 fully saturated rings. The summed E-state index contributed by atoms with van der Waals surface area (Å²) in [6, 6.07) is 4.70. The topological polar surface area (TPSA) is 0 Å². The van der Waals surface area contributed by atoms with Gasteiger partial charge in [0.25, 0.3) is 0 Å². The molecule has 1 saturated carbocycles. The average Bonchev–Trinajstić information content (AvgIpc) is 3.05. The normalized spacial score (nSPS) is 28.0. The highest BCUT2D eigenvalue weighted by Crippen LogP contribution is 2.41. The van der Waals surface area contributed by atoms with Crippen LogP contribution < -0.4 is 10.4 Å². The first-order valence-electron chi connectivity index (χ1n) is 6.11. The minimum absolute atomic E-state index is 0.843. The maximum absolute atomic E-state index is 2.46. The standard InChI is InChI=1S/C16H14/c1-2-4-11-6-13-8-15-10-16(15)9-14(13)7-12(11)5-3-1/h2-9,15-16H,1,10H2. The fraction of sp³-hybridized carbons (Fsp3) is 0.250. The smallest absolute Gasteiger partial charge is 0.0155 e. The molecule has 0 bridgehead atoms. The van der Waals surface area contributed by atoms with Crippen molar-refractivity contribution in [1.82, 2.24) is 0 Å². The van der Waals surface area contributed by atoms with Gasteiger partial charge in [-0.25, -0.2) is 0 Å². The monoisotopic (exact) mass is 206 g/mol. The third-order valence-electron chi connectivity index (χ3n) is 3.83. The van der Waals surface area contributed by atoms with Crippen LogP contribution in [0.2, 0.25) is 0 Å². The summed E-state index contributed by atoms with van der Waals surface area (Å²) in [4.78, 5) is 0. The van der Waals surface area contributed by atoms with Crippen LogP contribution in [0.5, 0.6) is 0 Å². The highest BCUT2D eigenvalue weighted by Gasteiger charge is 2.34. The second-order valence-electron chi connectivity index (χ2n) is 5.05. The minimum Gasteiger partial charge on any atom is -0.0801 e. The Kier molecular flexibility index (Phi) is 1.59. The van der Waals surface area contributed by atoms with Gasteiger partial charge in [0.1, 0.15) is 0 Å². The molecule has 4 rings (SSSR count). The number of hydrogen-bond donors (Lipinski definition) is 0. The summed E-state index contributed by atoms with van der Waals surface area (Å²) in [5.41, 5.74) is 2.74. The number of allylic oxidation sites excluding steroid dienone is 2. The molecule has 1 aromatic carbocycles. The van der Waals surface area contributed by atoms with Gasteiger partial charge in [0.2, 0.25) is 0 Å². The Morgan fingerprint density at radius 2 is 1.38 bits per heavy atom. The largest absolute Gasteiger partial charge is 0.0801 e. The first-order chi connectivity index (χ1) is 7.90. The van der Waals surface area contributed by atoms with Crippen LogP contribution in [0.25, 0.3) is 24.3 Å². The summed E-state index contributed by atoms with van der Waals surface area (Å²) < 4.78 is 0. The maximum atomic E-state index is 2.46. The summed E-state index contributed by atoms with van der Waals surface area (Å²) in [7, 11) is 0. The van der Waals surface area contributed by atoms with Crippen molar-refractivity contribution in [3.63, 3.8) is 0 Å². The molecule has 0 spiro atoms. The summed E-state index contributed by atoms with van der Waals surface area (Å²) in [5.74, 6) is 1.69. The first kappa shape index (κ1) is 8.58. The molecule has 2 unspecified atom stereocenters.